The monoisotopic (exact) mass is 161 g/mol. The fourth-order valence-corrected chi connectivity index (χ4v) is 1.87. The first-order chi connectivity index (χ1) is 5.92. The molecule has 1 heterocycles. The van der Waals surface area contributed by atoms with E-state index in [1.807, 2.05) is 0 Å². The molecule has 0 aromatic heterocycles. The fourth-order valence-electron chi connectivity index (χ4n) is 1.87. The van der Waals surface area contributed by atoms with E-state index >= 15 is 0 Å². The summed E-state index contributed by atoms with van der Waals surface area (Å²) in [5.74, 6) is 7.19. The molecule has 0 spiro atoms. The van der Waals surface area contributed by atoms with E-state index < -0.39 is 0 Å². The molecule has 64 valence electrons. The van der Waals surface area contributed by atoms with Crippen molar-refractivity contribution in [3.05, 3.63) is 11.3 Å². The van der Waals surface area contributed by atoms with E-state index in [1.165, 1.54) is 30.5 Å². The highest BCUT2D eigenvalue weighted by molar-refractivity contribution is 5.42. The van der Waals surface area contributed by atoms with E-state index in [2.05, 4.69) is 24.1 Å². The van der Waals surface area contributed by atoms with Crippen molar-refractivity contribution in [3.8, 4) is 11.8 Å². The van der Waals surface area contributed by atoms with Crippen LogP contribution in [0.15, 0.2) is 11.3 Å². The van der Waals surface area contributed by atoms with Crippen molar-refractivity contribution in [1.29, 1.82) is 0 Å². The summed E-state index contributed by atoms with van der Waals surface area (Å²) in [6.45, 7) is 3.40. The molecule has 1 saturated heterocycles. The van der Waals surface area contributed by atoms with Gasteiger partial charge in [-0.3, -0.25) is 0 Å². The summed E-state index contributed by atoms with van der Waals surface area (Å²) in [5, 5.41) is 3.35. The number of allylic oxidation sites excluding steroid dienone is 1. The highest BCUT2D eigenvalue weighted by Gasteiger charge is 2.22. The van der Waals surface area contributed by atoms with Crippen LogP contribution in [-0.4, -0.2) is 6.54 Å². The van der Waals surface area contributed by atoms with Crippen molar-refractivity contribution in [3.63, 3.8) is 0 Å². The van der Waals surface area contributed by atoms with Crippen LogP contribution >= 0.6 is 0 Å². The smallest absolute Gasteiger partial charge is 0.0250 e. The zero-order valence-corrected chi connectivity index (χ0v) is 7.61. The average molecular weight is 161 g/mol. The molecule has 0 aromatic rings. The van der Waals surface area contributed by atoms with E-state index in [-0.39, 0.29) is 0 Å². The van der Waals surface area contributed by atoms with Gasteiger partial charge in [0.25, 0.3) is 0 Å². The van der Waals surface area contributed by atoms with Gasteiger partial charge in [0.2, 0.25) is 0 Å². The Balaban J connectivity index is 2.09. The first-order valence-corrected chi connectivity index (χ1v) is 4.87. The second kappa shape index (κ2) is 3.23. The SMILES string of the molecule is CCCC1CC#C/C1=C1\CCN1. The summed E-state index contributed by atoms with van der Waals surface area (Å²) < 4.78 is 0. The maximum absolute atomic E-state index is 3.35. The van der Waals surface area contributed by atoms with Crippen molar-refractivity contribution in [2.45, 2.75) is 32.6 Å². The Labute approximate surface area is 74.2 Å². The highest BCUT2D eigenvalue weighted by Crippen LogP contribution is 2.29. The molecule has 2 rings (SSSR count). The zero-order valence-electron chi connectivity index (χ0n) is 7.61. The number of nitrogens with one attached hydrogen (secondary N) is 1. The number of hydrogen-bond acceptors (Lipinski definition) is 1. The lowest BCUT2D eigenvalue weighted by Gasteiger charge is -2.24. The van der Waals surface area contributed by atoms with Gasteiger partial charge in [-0.2, -0.15) is 0 Å². The molecule has 0 bridgehead atoms. The maximum Gasteiger partial charge on any atom is 0.0250 e. The lowest BCUT2D eigenvalue weighted by Crippen LogP contribution is -2.30. The van der Waals surface area contributed by atoms with E-state index in [0.29, 0.717) is 0 Å². The van der Waals surface area contributed by atoms with E-state index in [9.17, 15) is 0 Å². The van der Waals surface area contributed by atoms with Crippen molar-refractivity contribution in [2.75, 3.05) is 6.54 Å². The molecule has 1 atom stereocenters. The summed E-state index contributed by atoms with van der Waals surface area (Å²) in [6, 6.07) is 0. The fraction of sp³-hybridized carbons (Fsp3) is 0.636. The topological polar surface area (TPSA) is 12.0 Å². The second-order valence-corrected chi connectivity index (χ2v) is 3.56. The van der Waals surface area contributed by atoms with Crippen LogP contribution in [0.1, 0.15) is 32.6 Å². The van der Waals surface area contributed by atoms with Crippen molar-refractivity contribution >= 4 is 0 Å². The van der Waals surface area contributed by atoms with Crippen LogP contribution < -0.4 is 5.32 Å². The molecular formula is C11H15N. The van der Waals surface area contributed by atoms with Gasteiger partial charge in [0, 0.05) is 36.6 Å². The lowest BCUT2D eigenvalue weighted by molar-refractivity contribution is 0.547. The Kier molecular flexibility index (Phi) is 2.08. The molecule has 2 aliphatic rings. The molecule has 12 heavy (non-hydrogen) atoms. The molecule has 1 unspecified atom stereocenters. The summed E-state index contributed by atoms with van der Waals surface area (Å²) in [7, 11) is 0. The van der Waals surface area contributed by atoms with Crippen molar-refractivity contribution in [2.24, 2.45) is 5.92 Å². The minimum Gasteiger partial charge on any atom is -0.387 e. The van der Waals surface area contributed by atoms with Gasteiger partial charge >= 0.3 is 0 Å². The average Bonchev–Trinajstić information content (AvgIpc) is 2.35. The second-order valence-electron chi connectivity index (χ2n) is 3.56. The molecule has 1 aliphatic heterocycles. The summed E-state index contributed by atoms with van der Waals surface area (Å²) in [5.41, 5.74) is 2.85. The third-order valence-corrected chi connectivity index (χ3v) is 2.66. The number of hydrogen-bond donors (Lipinski definition) is 1. The molecule has 1 fully saturated rings. The Morgan fingerprint density at radius 1 is 1.58 bits per heavy atom. The lowest BCUT2D eigenvalue weighted by atomic mass is 9.92. The van der Waals surface area contributed by atoms with Gasteiger partial charge < -0.3 is 5.32 Å². The molecular weight excluding hydrogens is 146 g/mol. The van der Waals surface area contributed by atoms with Crippen molar-refractivity contribution in [1.82, 2.24) is 5.32 Å². The Morgan fingerprint density at radius 2 is 2.42 bits per heavy atom. The molecule has 0 aromatic carbocycles. The first-order valence-electron chi connectivity index (χ1n) is 4.87. The van der Waals surface area contributed by atoms with Crippen LogP contribution in [0, 0.1) is 17.8 Å². The zero-order chi connectivity index (χ0) is 8.39. The van der Waals surface area contributed by atoms with Gasteiger partial charge in [0.05, 0.1) is 0 Å². The van der Waals surface area contributed by atoms with Gasteiger partial charge in [0.15, 0.2) is 0 Å². The van der Waals surface area contributed by atoms with Gasteiger partial charge in [-0.05, 0) is 6.42 Å². The van der Waals surface area contributed by atoms with Crippen LogP contribution in [0.3, 0.4) is 0 Å². The Bertz CT molecular complexity index is 258. The van der Waals surface area contributed by atoms with Gasteiger partial charge in [-0.25, -0.2) is 0 Å². The molecule has 0 amide bonds. The molecule has 0 radical (unpaired) electrons. The minimum atomic E-state index is 0.720. The Morgan fingerprint density at radius 3 is 3.00 bits per heavy atom. The Hall–Kier alpha value is -0.900. The van der Waals surface area contributed by atoms with E-state index in [4.69, 9.17) is 0 Å². The van der Waals surface area contributed by atoms with Crippen LogP contribution in [0.2, 0.25) is 0 Å². The predicted molar refractivity (Wildman–Crippen MR) is 50.4 cm³/mol. The highest BCUT2D eigenvalue weighted by atomic mass is 14.9. The van der Waals surface area contributed by atoms with Gasteiger partial charge in [-0.1, -0.05) is 25.2 Å². The molecule has 0 saturated carbocycles. The summed E-state index contributed by atoms with van der Waals surface area (Å²) >= 11 is 0. The first kappa shape index (κ1) is 7.73. The maximum atomic E-state index is 3.35. The van der Waals surface area contributed by atoms with Crippen LogP contribution in [-0.2, 0) is 0 Å². The largest absolute Gasteiger partial charge is 0.387 e. The van der Waals surface area contributed by atoms with E-state index in [0.717, 1.165) is 18.9 Å². The van der Waals surface area contributed by atoms with Gasteiger partial charge in [-0.15, -0.1) is 0 Å². The van der Waals surface area contributed by atoms with Gasteiger partial charge in [0.1, 0.15) is 0 Å². The quantitative estimate of drug-likeness (QED) is 0.611. The normalized spacial score (nSPS) is 31.9. The molecule has 1 heteroatoms. The summed E-state index contributed by atoms with van der Waals surface area (Å²) in [4.78, 5) is 0. The standard InChI is InChI=1S/C11H15N/c1-2-4-9-5-3-6-10(9)11-7-8-12-11/h9,12H,2,4-5,7-8H2,1H3/b11-10-. The van der Waals surface area contributed by atoms with Crippen LogP contribution in [0.25, 0.3) is 0 Å². The van der Waals surface area contributed by atoms with E-state index in [1.54, 1.807) is 0 Å². The van der Waals surface area contributed by atoms with Crippen LogP contribution in [0.5, 0.6) is 0 Å². The molecule has 1 N–H and O–H groups in total. The third-order valence-electron chi connectivity index (χ3n) is 2.66. The number of rotatable bonds is 2. The third kappa shape index (κ3) is 1.22. The predicted octanol–water partition coefficient (Wildman–Crippen LogP) is 2.06. The summed E-state index contributed by atoms with van der Waals surface area (Å²) in [6.07, 6.45) is 4.88. The molecule has 1 nitrogen and oxygen atoms in total. The van der Waals surface area contributed by atoms with Crippen molar-refractivity contribution < 1.29 is 0 Å². The minimum absolute atomic E-state index is 0.720. The van der Waals surface area contributed by atoms with Crippen LogP contribution in [0.4, 0.5) is 0 Å². The molecule has 1 aliphatic carbocycles.